The first kappa shape index (κ1) is 10.6. The van der Waals surface area contributed by atoms with Crippen molar-refractivity contribution in [1.29, 1.82) is 0 Å². The Balaban J connectivity index is 3.40. The molecule has 0 radical (unpaired) electrons. The van der Waals surface area contributed by atoms with Gasteiger partial charge in [0.2, 0.25) is 5.82 Å². The minimum atomic E-state index is -1.62. The van der Waals surface area contributed by atoms with Crippen LogP contribution in [0.15, 0.2) is 18.7 Å². The molecule has 1 aromatic rings. The Bertz CT molecular complexity index is 379. The summed E-state index contributed by atoms with van der Waals surface area (Å²) in [5.74, 6) is -5.60. The van der Waals surface area contributed by atoms with E-state index in [-0.39, 0.29) is 5.56 Å². The second kappa shape index (κ2) is 3.71. The average Bonchev–Trinajstić information content (AvgIpc) is 2.19. The van der Waals surface area contributed by atoms with E-state index in [1.807, 2.05) is 0 Å². The molecule has 0 fully saturated rings. The highest BCUT2D eigenvalue weighted by Crippen LogP contribution is 2.28. The Morgan fingerprint density at radius 3 is 2.43 bits per heavy atom. The van der Waals surface area contributed by atoms with Gasteiger partial charge in [0.05, 0.1) is 6.04 Å². The molecule has 0 aromatic heterocycles. The van der Waals surface area contributed by atoms with Crippen LogP contribution in [0.25, 0.3) is 0 Å². The highest BCUT2D eigenvalue weighted by Gasteiger charge is 2.20. The molecule has 1 atom stereocenters. The van der Waals surface area contributed by atoms with Crippen molar-refractivity contribution in [2.24, 2.45) is 5.73 Å². The number of phenols is 1. The average molecular weight is 203 g/mol. The number of aromatic hydroxyl groups is 1. The summed E-state index contributed by atoms with van der Waals surface area (Å²) >= 11 is 0. The van der Waals surface area contributed by atoms with Crippen LogP contribution < -0.4 is 5.73 Å². The third-order valence-corrected chi connectivity index (χ3v) is 1.77. The number of phenolic OH excluding ortho intramolecular Hbond substituents is 1. The fraction of sp³-hybridized carbons (Fsp3) is 0.111. The molecule has 0 spiro atoms. The van der Waals surface area contributed by atoms with Crippen LogP contribution >= 0.6 is 0 Å². The summed E-state index contributed by atoms with van der Waals surface area (Å²) in [5, 5.41) is 8.83. The second-order valence-electron chi connectivity index (χ2n) is 2.69. The first-order valence-corrected chi connectivity index (χ1v) is 3.73. The maximum Gasteiger partial charge on any atom is 0.203 e. The minimum Gasteiger partial charge on any atom is -0.503 e. The van der Waals surface area contributed by atoms with Gasteiger partial charge < -0.3 is 10.8 Å². The molecule has 0 amide bonds. The van der Waals surface area contributed by atoms with Gasteiger partial charge in [-0.1, -0.05) is 6.08 Å². The number of nitrogens with two attached hydrogens (primary N) is 1. The normalized spacial score (nSPS) is 12.6. The van der Waals surface area contributed by atoms with Crippen LogP contribution in [0.1, 0.15) is 11.6 Å². The van der Waals surface area contributed by atoms with Crippen LogP contribution in [-0.2, 0) is 0 Å². The Kier molecular flexibility index (Phi) is 2.81. The molecular formula is C9H8F3NO. The zero-order valence-corrected chi connectivity index (χ0v) is 7.10. The lowest BCUT2D eigenvalue weighted by Gasteiger charge is -2.09. The first-order valence-electron chi connectivity index (χ1n) is 3.73. The van der Waals surface area contributed by atoms with Crippen LogP contribution in [-0.4, -0.2) is 5.11 Å². The molecule has 0 saturated heterocycles. The number of halogens is 3. The molecule has 0 aliphatic heterocycles. The lowest BCUT2D eigenvalue weighted by Crippen LogP contribution is -2.10. The van der Waals surface area contributed by atoms with Gasteiger partial charge in [-0.15, -0.1) is 6.58 Å². The van der Waals surface area contributed by atoms with Crippen molar-refractivity contribution in [1.82, 2.24) is 0 Å². The molecule has 5 heteroatoms. The van der Waals surface area contributed by atoms with Crippen molar-refractivity contribution in [3.8, 4) is 5.75 Å². The molecule has 0 aliphatic carbocycles. The van der Waals surface area contributed by atoms with Crippen molar-refractivity contribution < 1.29 is 18.3 Å². The molecule has 3 N–H and O–H groups in total. The van der Waals surface area contributed by atoms with Gasteiger partial charge >= 0.3 is 0 Å². The fourth-order valence-electron chi connectivity index (χ4n) is 0.979. The van der Waals surface area contributed by atoms with Gasteiger partial charge in [-0.3, -0.25) is 0 Å². The van der Waals surface area contributed by atoms with Gasteiger partial charge in [-0.2, -0.15) is 4.39 Å². The predicted molar refractivity (Wildman–Crippen MR) is 45.1 cm³/mol. The van der Waals surface area contributed by atoms with Crippen molar-refractivity contribution in [2.75, 3.05) is 0 Å². The van der Waals surface area contributed by atoms with Crippen molar-refractivity contribution in [3.05, 3.63) is 41.7 Å². The third kappa shape index (κ3) is 1.58. The zero-order valence-electron chi connectivity index (χ0n) is 7.10. The summed E-state index contributed by atoms with van der Waals surface area (Å²) in [6.07, 6.45) is 1.15. The molecule has 1 aromatic carbocycles. The maximum atomic E-state index is 13.1. The lowest BCUT2D eigenvalue weighted by molar-refractivity contribution is 0.372. The quantitative estimate of drug-likeness (QED) is 0.570. The molecule has 0 unspecified atom stereocenters. The summed E-state index contributed by atoms with van der Waals surface area (Å²) in [6.45, 7) is 3.27. The second-order valence-corrected chi connectivity index (χ2v) is 2.69. The first-order chi connectivity index (χ1) is 6.49. The van der Waals surface area contributed by atoms with E-state index in [4.69, 9.17) is 10.8 Å². The van der Waals surface area contributed by atoms with Gasteiger partial charge in [0.15, 0.2) is 17.4 Å². The number of hydrogen-bond donors (Lipinski definition) is 2. The predicted octanol–water partition coefficient (Wildman–Crippen LogP) is 2.00. The van der Waals surface area contributed by atoms with Crippen LogP contribution in [0.2, 0.25) is 0 Å². The van der Waals surface area contributed by atoms with E-state index in [1.165, 1.54) is 0 Å². The summed E-state index contributed by atoms with van der Waals surface area (Å²) in [7, 11) is 0. The Hall–Kier alpha value is -1.49. The van der Waals surface area contributed by atoms with Gasteiger partial charge in [-0.05, 0) is 6.07 Å². The monoisotopic (exact) mass is 203 g/mol. The minimum absolute atomic E-state index is 0.337. The number of rotatable bonds is 2. The SMILES string of the molecule is C=C[C@@H](N)c1cc(F)c(F)c(O)c1F. The van der Waals surface area contributed by atoms with E-state index in [1.54, 1.807) is 0 Å². The summed E-state index contributed by atoms with van der Waals surface area (Å²) < 4.78 is 38.4. The zero-order chi connectivity index (χ0) is 10.9. The van der Waals surface area contributed by atoms with Crippen LogP contribution in [0.5, 0.6) is 5.75 Å². The Labute approximate surface area is 78.5 Å². The fourth-order valence-corrected chi connectivity index (χ4v) is 0.979. The standard InChI is InChI=1S/C9H8F3NO/c1-2-6(13)4-3-5(10)8(12)9(14)7(4)11/h2-3,6,14H,1,13H2/t6-/m1/s1. The molecule has 76 valence electrons. The number of hydrogen-bond acceptors (Lipinski definition) is 2. The van der Waals surface area contributed by atoms with E-state index >= 15 is 0 Å². The largest absolute Gasteiger partial charge is 0.503 e. The van der Waals surface area contributed by atoms with Crippen LogP contribution in [0.3, 0.4) is 0 Å². The molecule has 14 heavy (non-hydrogen) atoms. The molecule has 0 heterocycles. The summed E-state index contributed by atoms with van der Waals surface area (Å²) in [4.78, 5) is 0. The van der Waals surface area contributed by atoms with Crippen LogP contribution in [0.4, 0.5) is 13.2 Å². The van der Waals surface area contributed by atoms with Gasteiger partial charge in [0, 0.05) is 5.56 Å². The van der Waals surface area contributed by atoms with E-state index < -0.39 is 29.2 Å². The lowest BCUT2D eigenvalue weighted by atomic mass is 10.1. The number of benzene rings is 1. The van der Waals surface area contributed by atoms with E-state index in [0.717, 1.165) is 6.08 Å². The van der Waals surface area contributed by atoms with E-state index in [0.29, 0.717) is 6.07 Å². The molecule has 0 saturated carbocycles. The van der Waals surface area contributed by atoms with Crippen LogP contribution in [0, 0.1) is 17.5 Å². The Morgan fingerprint density at radius 1 is 1.36 bits per heavy atom. The van der Waals surface area contributed by atoms with Gasteiger partial charge in [0.1, 0.15) is 0 Å². The molecule has 0 bridgehead atoms. The highest BCUT2D eigenvalue weighted by molar-refractivity contribution is 5.35. The van der Waals surface area contributed by atoms with Gasteiger partial charge in [-0.25, -0.2) is 8.78 Å². The maximum absolute atomic E-state index is 13.1. The summed E-state index contributed by atoms with van der Waals surface area (Å²) in [5.41, 5.74) is 4.99. The van der Waals surface area contributed by atoms with E-state index in [2.05, 4.69) is 6.58 Å². The topological polar surface area (TPSA) is 46.2 Å². The van der Waals surface area contributed by atoms with Crippen molar-refractivity contribution >= 4 is 0 Å². The van der Waals surface area contributed by atoms with Crippen molar-refractivity contribution in [3.63, 3.8) is 0 Å². The highest BCUT2D eigenvalue weighted by atomic mass is 19.2. The third-order valence-electron chi connectivity index (χ3n) is 1.77. The smallest absolute Gasteiger partial charge is 0.203 e. The van der Waals surface area contributed by atoms with E-state index in [9.17, 15) is 13.2 Å². The molecular weight excluding hydrogens is 195 g/mol. The Morgan fingerprint density at radius 2 is 1.93 bits per heavy atom. The van der Waals surface area contributed by atoms with Crippen molar-refractivity contribution in [2.45, 2.75) is 6.04 Å². The summed E-state index contributed by atoms with van der Waals surface area (Å²) in [6, 6.07) is -0.396. The molecule has 1 rings (SSSR count). The molecule has 0 aliphatic rings. The molecule has 2 nitrogen and oxygen atoms in total. The van der Waals surface area contributed by atoms with Gasteiger partial charge in [0.25, 0.3) is 0 Å².